The number of carbonyl (C=O) groups excluding carboxylic acids is 1. The number of nitrogens with one attached hydrogen (secondary N) is 1. The van der Waals surface area contributed by atoms with Crippen molar-refractivity contribution in [1.29, 1.82) is 0 Å². The van der Waals surface area contributed by atoms with Crippen molar-refractivity contribution >= 4 is 17.7 Å². The minimum absolute atomic E-state index is 0.00789. The quantitative estimate of drug-likeness (QED) is 0.405. The van der Waals surface area contributed by atoms with Crippen molar-refractivity contribution in [1.82, 2.24) is 14.8 Å². The Hall–Kier alpha value is -4.59. The Morgan fingerprint density at radius 3 is 2.32 bits per heavy atom. The molecule has 1 aromatic heterocycles. The molecule has 0 bridgehead atoms. The van der Waals surface area contributed by atoms with E-state index in [-0.39, 0.29) is 17.6 Å². The molecule has 6 rings (SSSR count). The molecular weight excluding hydrogens is 466 g/mol. The van der Waals surface area contributed by atoms with E-state index in [1.165, 1.54) is 0 Å². The highest BCUT2D eigenvalue weighted by atomic mass is 16.5. The van der Waals surface area contributed by atoms with Gasteiger partial charge in [0.1, 0.15) is 6.04 Å². The number of fused-ring (bicyclic) bond motifs is 1. The number of methoxy groups -OCH3 is 2. The van der Waals surface area contributed by atoms with E-state index in [1.807, 2.05) is 36.4 Å². The number of allylic oxidation sites excluding steroid dienone is 2. The Balaban J connectivity index is 1.39. The molecule has 3 N–H and O–H groups in total. The zero-order chi connectivity index (χ0) is 25.5. The molecule has 8 nitrogen and oxygen atoms in total. The predicted molar refractivity (Wildman–Crippen MR) is 142 cm³/mol. The summed E-state index contributed by atoms with van der Waals surface area (Å²) in [6.07, 6.45) is 1.04. The molecule has 2 heterocycles. The normalized spacial score (nSPS) is 18.6. The van der Waals surface area contributed by atoms with Crippen molar-refractivity contribution in [2.24, 2.45) is 0 Å². The van der Waals surface area contributed by atoms with Gasteiger partial charge in [0, 0.05) is 17.7 Å². The fourth-order valence-electron chi connectivity index (χ4n) is 5.37. The molecular formula is C29H27N5O3. The molecule has 1 aliphatic carbocycles. The summed E-state index contributed by atoms with van der Waals surface area (Å²) in [5.74, 6) is 2.07. The zero-order valence-corrected chi connectivity index (χ0v) is 20.6. The lowest BCUT2D eigenvalue weighted by Gasteiger charge is -2.35. The maximum atomic E-state index is 13.7. The first-order chi connectivity index (χ1) is 18.1. The molecule has 4 aromatic rings. The lowest BCUT2D eigenvalue weighted by atomic mass is 9.77. The Morgan fingerprint density at radius 2 is 1.59 bits per heavy atom. The Kier molecular flexibility index (Phi) is 5.64. The average molecular weight is 494 g/mol. The van der Waals surface area contributed by atoms with E-state index in [4.69, 9.17) is 15.2 Å². The number of rotatable bonds is 5. The highest BCUT2D eigenvalue weighted by Crippen LogP contribution is 2.45. The monoisotopic (exact) mass is 493 g/mol. The number of hydrogen-bond acceptors (Lipinski definition) is 7. The number of nitrogens with two attached hydrogens (primary N) is 1. The standard InChI is InChI=1S/C29H27N5O3/c1-36-24-13-12-20(16-25(24)37-2)21-14-22-26(23(35)15-21)27(34-29(31-22)32-28(30)33-34)19-10-8-18(9-11-19)17-6-4-3-5-7-17/h3-13,16,21,27H,14-15H2,1-2H3,(H3,30,31,32,33)/t21-,27-/m1/s1. The van der Waals surface area contributed by atoms with Gasteiger partial charge in [-0.25, -0.2) is 4.68 Å². The van der Waals surface area contributed by atoms with Gasteiger partial charge in [0.15, 0.2) is 17.3 Å². The largest absolute Gasteiger partial charge is 0.493 e. The molecule has 186 valence electrons. The molecule has 8 heteroatoms. The number of ether oxygens (including phenoxy) is 2. The van der Waals surface area contributed by atoms with E-state index in [1.54, 1.807) is 18.9 Å². The van der Waals surface area contributed by atoms with Gasteiger partial charge < -0.3 is 20.5 Å². The van der Waals surface area contributed by atoms with Gasteiger partial charge in [0.25, 0.3) is 0 Å². The molecule has 1 aliphatic heterocycles. The highest BCUT2D eigenvalue weighted by molar-refractivity contribution is 6.00. The van der Waals surface area contributed by atoms with Crippen LogP contribution < -0.4 is 20.5 Å². The third kappa shape index (κ3) is 4.00. The van der Waals surface area contributed by atoms with Gasteiger partial charge in [-0.1, -0.05) is 60.7 Å². The van der Waals surface area contributed by atoms with Crippen LogP contribution in [-0.2, 0) is 4.79 Å². The van der Waals surface area contributed by atoms with E-state index in [0.717, 1.165) is 28.0 Å². The van der Waals surface area contributed by atoms with E-state index in [0.29, 0.717) is 35.9 Å². The summed E-state index contributed by atoms with van der Waals surface area (Å²) in [5.41, 5.74) is 11.8. The second-order valence-corrected chi connectivity index (χ2v) is 9.29. The first kappa shape index (κ1) is 22.8. The summed E-state index contributed by atoms with van der Waals surface area (Å²) in [6.45, 7) is 0. The minimum Gasteiger partial charge on any atom is -0.493 e. The summed E-state index contributed by atoms with van der Waals surface area (Å²) in [6, 6.07) is 23.9. The lowest BCUT2D eigenvalue weighted by molar-refractivity contribution is -0.116. The lowest BCUT2D eigenvalue weighted by Crippen LogP contribution is -2.33. The van der Waals surface area contributed by atoms with E-state index < -0.39 is 6.04 Å². The Morgan fingerprint density at radius 1 is 0.892 bits per heavy atom. The van der Waals surface area contributed by atoms with Crippen molar-refractivity contribution in [3.05, 3.63) is 95.2 Å². The minimum atomic E-state index is -0.403. The topological polar surface area (TPSA) is 104 Å². The van der Waals surface area contributed by atoms with Crippen LogP contribution in [0.4, 0.5) is 11.9 Å². The maximum absolute atomic E-state index is 13.7. The Labute approximate surface area is 214 Å². The molecule has 0 amide bonds. The summed E-state index contributed by atoms with van der Waals surface area (Å²) in [7, 11) is 3.22. The number of ketones is 1. The first-order valence-electron chi connectivity index (χ1n) is 12.2. The molecule has 37 heavy (non-hydrogen) atoms. The zero-order valence-electron chi connectivity index (χ0n) is 20.6. The number of Topliss-reactive ketones (excluding diaryl/α,β-unsaturated/α-hetero) is 1. The second-order valence-electron chi connectivity index (χ2n) is 9.29. The van der Waals surface area contributed by atoms with Crippen LogP contribution in [0, 0.1) is 0 Å². The molecule has 0 radical (unpaired) electrons. The second kappa shape index (κ2) is 9.13. The van der Waals surface area contributed by atoms with Crippen LogP contribution in [0.1, 0.15) is 35.9 Å². The van der Waals surface area contributed by atoms with Gasteiger partial charge >= 0.3 is 0 Å². The van der Waals surface area contributed by atoms with Crippen LogP contribution in [0.15, 0.2) is 84.1 Å². The van der Waals surface area contributed by atoms with Crippen LogP contribution >= 0.6 is 0 Å². The van der Waals surface area contributed by atoms with E-state index >= 15 is 0 Å². The van der Waals surface area contributed by atoms with Gasteiger partial charge in [-0.2, -0.15) is 4.98 Å². The molecule has 0 saturated heterocycles. The molecule has 3 aromatic carbocycles. The third-order valence-corrected chi connectivity index (χ3v) is 7.15. The highest BCUT2D eigenvalue weighted by Gasteiger charge is 2.39. The van der Waals surface area contributed by atoms with Gasteiger partial charge in [-0.05, 0) is 46.7 Å². The van der Waals surface area contributed by atoms with Crippen molar-refractivity contribution in [3.8, 4) is 22.6 Å². The summed E-state index contributed by atoms with van der Waals surface area (Å²) in [5, 5.41) is 7.79. The van der Waals surface area contributed by atoms with Crippen molar-refractivity contribution in [2.45, 2.75) is 24.8 Å². The van der Waals surface area contributed by atoms with Crippen LogP contribution in [0.3, 0.4) is 0 Å². The maximum Gasteiger partial charge on any atom is 0.241 e. The number of aromatic nitrogens is 3. The molecule has 0 spiro atoms. The number of anilines is 2. The fourth-order valence-corrected chi connectivity index (χ4v) is 5.37. The summed E-state index contributed by atoms with van der Waals surface area (Å²) in [4.78, 5) is 18.1. The van der Waals surface area contributed by atoms with E-state index in [2.05, 4.69) is 51.8 Å². The summed E-state index contributed by atoms with van der Waals surface area (Å²) < 4.78 is 12.6. The SMILES string of the molecule is COc1ccc([C@H]2CC(=O)C3=C(C2)Nc2nc(N)nn2[C@@H]3c2ccc(-c3ccccc3)cc2)cc1OC. The van der Waals surface area contributed by atoms with Gasteiger partial charge in [0.05, 0.1) is 14.2 Å². The average Bonchev–Trinajstić information content (AvgIpc) is 3.31. The molecule has 2 aliphatic rings. The number of carbonyl (C=O) groups is 1. The van der Waals surface area contributed by atoms with Gasteiger partial charge in [0.2, 0.25) is 11.9 Å². The smallest absolute Gasteiger partial charge is 0.241 e. The van der Waals surface area contributed by atoms with Crippen LogP contribution in [0.5, 0.6) is 11.5 Å². The number of nitrogen functional groups attached to an aromatic ring is 1. The molecule has 0 fully saturated rings. The van der Waals surface area contributed by atoms with Gasteiger partial charge in [-0.3, -0.25) is 4.79 Å². The van der Waals surface area contributed by atoms with Crippen LogP contribution in [0.25, 0.3) is 11.1 Å². The molecule has 2 atom stereocenters. The van der Waals surface area contributed by atoms with E-state index in [9.17, 15) is 4.79 Å². The number of benzene rings is 3. The predicted octanol–water partition coefficient (Wildman–Crippen LogP) is 4.96. The Bertz CT molecular complexity index is 1510. The summed E-state index contributed by atoms with van der Waals surface area (Å²) >= 11 is 0. The number of nitrogens with zero attached hydrogens (tertiary/aromatic N) is 3. The van der Waals surface area contributed by atoms with Gasteiger partial charge in [-0.15, -0.1) is 5.10 Å². The number of hydrogen-bond donors (Lipinski definition) is 2. The van der Waals surface area contributed by atoms with Crippen LogP contribution in [0.2, 0.25) is 0 Å². The van der Waals surface area contributed by atoms with Crippen LogP contribution in [-0.4, -0.2) is 34.8 Å². The first-order valence-corrected chi connectivity index (χ1v) is 12.2. The molecule has 0 saturated carbocycles. The fraction of sp³-hybridized carbons (Fsp3) is 0.207. The molecule has 0 unspecified atom stereocenters. The van der Waals surface area contributed by atoms with Crippen molar-refractivity contribution in [3.63, 3.8) is 0 Å². The van der Waals surface area contributed by atoms with Crippen molar-refractivity contribution in [2.75, 3.05) is 25.3 Å². The third-order valence-electron chi connectivity index (χ3n) is 7.15. The van der Waals surface area contributed by atoms with Crippen molar-refractivity contribution < 1.29 is 14.3 Å².